The second-order valence-electron chi connectivity index (χ2n) is 5.58. The van der Waals surface area contributed by atoms with Crippen LogP contribution in [0.25, 0.3) is 0 Å². The van der Waals surface area contributed by atoms with Gasteiger partial charge in [-0.3, -0.25) is 9.67 Å². The first kappa shape index (κ1) is 21.2. The van der Waals surface area contributed by atoms with Crippen LogP contribution in [-0.4, -0.2) is 48.4 Å². The number of nitrogens with one attached hydrogen (secondary N) is 1. The Morgan fingerprint density at radius 2 is 2.20 bits per heavy atom. The average Bonchev–Trinajstić information content (AvgIpc) is 2.97. The van der Waals surface area contributed by atoms with Gasteiger partial charge in [-0.1, -0.05) is 6.07 Å². The van der Waals surface area contributed by atoms with Crippen molar-refractivity contribution in [2.75, 3.05) is 27.7 Å². The van der Waals surface area contributed by atoms with Gasteiger partial charge in [0.15, 0.2) is 17.5 Å². The fourth-order valence-corrected chi connectivity index (χ4v) is 2.41. The molecule has 0 saturated carbocycles. The van der Waals surface area contributed by atoms with Gasteiger partial charge in [-0.05, 0) is 30.2 Å². The molecule has 25 heavy (non-hydrogen) atoms. The van der Waals surface area contributed by atoms with Gasteiger partial charge in [0.1, 0.15) is 0 Å². The minimum Gasteiger partial charge on any atom is -0.494 e. The zero-order valence-corrected chi connectivity index (χ0v) is 17.3. The van der Waals surface area contributed by atoms with Gasteiger partial charge >= 0.3 is 0 Å². The quantitative estimate of drug-likeness (QED) is 0.409. The smallest absolute Gasteiger partial charge is 0.193 e. The fraction of sp³-hybridized carbons (Fsp3) is 0.412. The fourth-order valence-electron chi connectivity index (χ4n) is 2.41. The molecule has 0 radical (unpaired) electrons. The van der Waals surface area contributed by atoms with E-state index in [0.717, 1.165) is 23.6 Å². The highest BCUT2D eigenvalue weighted by atomic mass is 127. The number of aromatic nitrogens is 2. The third-order valence-electron chi connectivity index (χ3n) is 3.60. The molecule has 1 heterocycles. The monoisotopic (exact) mass is 461 g/mol. The lowest BCUT2D eigenvalue weighted by Crippen LogP contribution is -2.39. The van der Waals surface area contributed by atoms with Crippen LogP contribution in [0.5, 0.6) is 5.75 Å². The molecule has 0 bridgehead atoms. The minimum atomic E-state index is -0.361. The molecule has 0 amide bonds. The molecule has 0 aliphatic heterocycles. The summed E-state index contributed by atoms with van der Waals surface area (Å²) >= 11 is 0. The molecule has 8 heteroatoms. The summed E-state index contributed by atoms with van der Waals surface area (Å²) < 4.78 is 20.6. The summed E-state index contributed by atoms with van der Waals surface area (Å²) in [7, 11) is 5.10. The first-order valence-corrected chi connectivity index (χ1v) is 7.76. The summed E-state index contributed by atoms with van der Waals surface area (Å²) in [5.74, 6) is 0.633. The second kappa shape index (κ2) is 10.2. The number of guanidine groups is 1. The molecule has 0 spiro atoms. The second-order valence-corrected chi connectivity index (χ2v) is 5.58. The van der Waals surface area contributed by atoms with Crippen LogP contribution in [0.4, 0.5) is 4.39 Å². The van der Waals surface area contributed by atoms with Crippen LogP contribution in [0.2, 0.25) is 0 Å². The topological polar surface area (TPSA) is 54.7 Å². The predicted molar refractivity (Wildman–Crippen MR) is 108 cm³/mol. The lowest BCUT2D eigenvalue weighted by molar-refractivity contribution is 0.385. The van der Waals surface area contributed by atoms with E-state index in [1.807, 2.05) is 42.0 Å². The number of hydrogen-bond donors (Lipinski definition) is 1. The highest BCUT2D eigenvalue weighted by Crippen LogP contribution is 2.18. The number of rotatable bonds is 6. The van der Waals surface area contributed by atoms with Crippen LogP contribution in [0.1, 0.15) is 11.1 Å². The minimum absolute atomic E-state index is 0. The Kier molecular flexibility index (Phi) is 8.67. The Morgan fingerprint density at radius 3 is 2.76 bits per heavy atom. The number of aliphatic imine (C=N–C) groups is 1. The molecule has 0 unspecified atom stereocenters. The summed E-state index contributed by atoms with van der Waals surface area (Å²) in [4.78, 5) is 6.20. The van der Waals surface area contributed by atoms with Crippen LogP contribution in [0, 0.1) is 12.7 Å². The molecule has 138 valence electrons. The highest BCUT2D eigenvalue weighted by molar-refractivity contribution is 14.0. The zero-order valence-electron chi connectivity index (χ0n) is 15.0. The highest BCUT2D eigenvalue weighted by Gasteiger charge is 2.09. The Hall–Kier alpha value is -1.84. The zero-order chi connectivity index (χ0) is 17.5. The first-order valence-electron chi connectivity index (χ1n) is 7.76. The van der Waals surface area contributed by atoms with Crippen LogP contribution < -0.4 is 10.1 Å². The summed E-state index contributed by atoms with van der Waals surface area (Å²) in [6.45, 7) is 4.01. The molecule has 0 atom stereocenters. The molecule has 2 rings (SSSR count). The maximum absolute atomic E-state index is 13.8. The van der Waals surface area contributed by atoms with E-state index in [0.29, 0.717) is 13.1 Å². The van der Waals surface area contributed by atoms with Crippen molar-refractivity contribution in [3.05, 3.63) is 47.5 Å². The summed E-state index contributed by atoms with van der Waals surface area (Å²) in [6, 6.07) is 4.96. The molecular formula is C17H25FIN5O. The molecule has 0 aliphatic carbocycles. The standard InChI is InChI=1S/C17H24FN5O.HI/c1-13-10-21-23(11-13)8-7-20-17(19-2)22(3)12-14-5-6-16(24-4)15(18)9-14;/h5-6,9-11H,7-8,12H2,1-4H3,(H,19,20);1H. The molecule has 2 aromatic rings. The SMILES string of the molecule is CN=C(NCCn1cc(C)cn1)N(C)Cc1ccc(OC)c(F)c1.I. The van der Waals surface area contributed by atoms with Gasteiger partial charge in [-0.2, -0.15) is 5.10 Å². The summed E-state index contributed by atoms with van der Waals surface area (Å²) in [6.07, 6.45) is 3.83. The van der Waals surface area contributed by atoms with Crippen LogP contribution in [-0.2, 0) is 13.1 Å². The van der Waals surface area contributed by atoms with Crippen LogP contribution >= 0.6 is 24.0 Å². The molecule has 0 aliphatic rings. The number of ether oxygens (including phenoxy) is 1. The molecule has 0 fully saturated rings. The predicted octanol–water partition coefficient (Wildman–Crippen LogP) is 2.66. The van der Waals surface area contributed by atoms with Crippen molar-refractivity contribution in [2.45, 2.75) is 20.0 Å². The Morgan fingerprint density at radius 1 is 1.44 bits per heavy atom. The number of aryl methyl sites for hydroxylation is 1. The van der Waals surface area contributed by atoms with Crippen molar-refractivity contribution in [3.8, 4) is 5.75 Å². The van der Waals surface area contributed by atoms with Crippen molar-refractivity contribution in [1.29, 1.82) is 0 Å². The Balaban J connectivity index is 0.00000312. The number of methoxy groups -OCH3 is 1. The van der Waals surface area contributed by atoms with Crippen LogP contribution in [0.3, 0.4) is 0 Å². The van der Waals surface area contributed by atoms with E-state index < -0.39 is 0 Å². The maximum atomic E-state index is 13.8. The van der Waals surface area contributed by atoms with Crippen molar-refractivity contribution < 1.29 is 9.13 Å². The number of nitrogens with zero attached hydrogens (tertiary/aromatic N) is 4. The van der Waals surface area contributed by atoms with E-state index in [1.54, 1.807) is 13.1 Å². The van der Waals surface area contributed by atoms with Gasteiger partial charge in [0.2, 0.25) is 0 Å². The van der Waals surface area contributed by atoms with Crippen molar-refractivity contribution >= 4 is 29.9 Å². The maximum Gasteiger partial charge on any atom is 0.193 e. The molecular weight excluding hydrogens is 436 g/mol. The largest absolute Gasteiger partial charge is 0.494 e. The van der Waals surface area contributed by atoms with Gasteiger partial charge in [-0.25, -0.2) is 4.39 Å². The van der Waals surface area contributed by atoms with Crippen LogP contribution in [0.15, 0.2) is 35.6 Å². The Bertz CT molecular complexity index is 704. The number of halogens is 2. The number of benzene rings is 1. The molecule has 1 N–H and O–H groups in total. The molecule has 1 aromatic heterocycles. The van der Waals surface area contributed by atoms with Gasteiger partial charge in [0.05, 0.1) is 19.9 Å². The first-order chi connectivity index (χ1) is 11.5. The average molecular weight is 461 g/mol. The van der Waals surface area contributed by atoms with Crippen molar-refractivity contribution in [3.63, 3.8) is 0 Å². The van der Waals surface area contributed by atoms with Crippen molar-refractivity contribution in [2.24, 2.45) is 4.99 Å². The van der Waals surface area contributed by atoms with Crippen molar-refractivity contribution in [1.82, 2.24) is 20.0 Å². The van der Waals surface area contributed by atoms with E-state index in [-0.39, 0.29) is 35.5 Å². The molecule has 1 aromatic carbocycles. The Labute approximate surface area is 165 Å². The normalized spacial score (nSPS) is 11.0. The molecule has 6 nitrogen and oxygen atoms in total. The molecule has 0 saturated heterocycles. The van der Waals surface area contributed by atoms with Gasteiger partial charge in [-0.15, -0.1) is 24.0 Å². The van der Waals surface area contributed by atoms with Gasteiger partial charge in [0, 0.05) is 33.4 Å². The van der Waals surface area contributed by atoms with E-state index in [4.69, 9.17) is 4.74 Å². The lowest BCUT2D eigenvalue weighted by Gasteiger charge is -2.22. The summed E-state index contributed by atoms with van der Waals surface area (Å²) in [5.41, 5.74) is 1.99. The van der Waals surface area contributed by atoms with E-state index >= 15 is 0 Å². The van der Waals surface area contributed by atoms with E-state index in [2.05, 4.69) is 15.4 Å². The number of hydrogen-bond acceptors (Lipinski definition) is 3. The third kappa shape index (κ3) is 6.18. The van der Waals surface area contributed by atoms with Gasteiger partial charge < -0.3 is 15.0 Å². The van der Waals surface area contributed by atoms with E-state index in [1.165, 1.54) is 13.2 Å². The van der Waals surface area contributed by atoms with E-state index in [9.17, 15) is 4.39 Å². The van der Waals surface area contributed by atoms with Gasteiger partial charge in [0.25, 0.3) is 0 Å². The lowest BCUT2D eigenvalue weighted by atomic mass is 10.2. The summed E-state index contributed by atoms with van der Waals surface area (Å²) in [5, 5.41) is 7.53. The third-order valence-corrected chi connectivity index (χ3v) is 3.60.